The zero-order valence-corrected chi connectivity index (χ0v) is 49.6. The molecule has 23 nitrogen and oxygen atoms in total. The van der Waals surface area contributed by atoms with Crippen molar-refractivity contribution in [2.45, 2.75) is 58.2 Å². The lowest BCUT2D eigenvalue weighted by atomic mass is 10.1. The fourth-order valence-corrected chi connectivity index (χ4v) is 10.8. The van der Waals surface area contributed by atoms with Crippen molar-refractivity contribution < 1.29 is 18.7 Å². The first-order valence-electron chi connectivity index (χ1n) is 31.4. The van der Waals surface area contributed by atoms with Crippen LogP contribution in [0.1, 0.15) is 81.1 Å². The molecular formula is C67H55F3N20O3. The average Bonchev–Trinajstić information content (AvgIpc) is 1.55. The van der Waals surface area contributed by atoms with Crippen molar-refractivity contribution in [3.63, 3.8) is 0 Å². The number of anilines is 2. The molecule has 6 aromatic carbocycles. The van der Waals surface area contributed by atoms with Crippen LogP contribution < -0.4 is 32.8 Å². The highest BCUT2D eigenvalue weighted by atomic mass is 19.1. The Labute approximate surface area is 529 Å². The third-order valence-electron chi connectivity index (χ3n) is 15.3. The second kappa shape index (κ2) is 26.0. The van der Waals surface area contributed by atoms with E-state index >= 15 is 0 Å². The van der Waals surface area contributed by atoms with E-state index in [2.05, 4.69) is 75.4 Å². The summed E-state index contributed by atoms with van der Waals surface area (Å²) in [4.78, 5) is 99.5. The predicted octanol–water partition coefficient (Wildman–Crippen LogP) is 11.3. The number of nitrogens with zero attached hydrogens (tertiary/aromatic N) is 14. The number of rotatable bonds is 14. The van der Waals surface area contributed by atoms with Gasteiger partial charge in [0.1, 0.15) is 85.5 Å². The molecule has 0 fully saturated rings. The van der Waals surface area contributed by atoms with Crippen molar-refractivity contribution in [1.82, 2.24) is 83.5 Å². The molecule has 0 spiro atoms. The van der Waals surface area contributed by atoms with Crippen LogP contribution in [0, 0.1) is 17.5 Å². The summed E-state index contributed by atoms with van der Waals surface area (Å²) in [6.07, 6.45) is 4.22. The summed E-state index contributed by atoms with van der Waals surface area (Å²) < 4.78 is 79.3. The Kier molecular flexibility index (Phi) is 15.3. The standard InChI is InChI=1S/C23H19FN6O.2C22H18FN7O/c1-2-16(28-21-20-18(11-12-25-21)26-13-27-20)22-29-17-10-6-9-15(24)19(17)23(31)30(22)14-7-4-3-5-8-14;2*1-2-15(28-20-18-19(25-11-24-18)26-12-27-20)21-29-16-10-6-9-14(23)17(16)22(31)30(21)13-7-4-3-5-8-13/h3-13,16H,2H2,1H3,(H,25,28)(H,26,27);2*3-12,15H,2H2,1H3,(H2,24,25,26,27,28)/t16-;2*15-/m000/s1/i13D;11D,12D;12D. The maximum absolute atomic E-state index is 14.6. The minimum Gasteiger partial charge on any atom is -0.358 e. The van der Waals surface area contributed by atoms with Crippen LogP contribution in [0.3, 0.4) is 0 Å². The highest BCUT2D eigenvalue weighted by molar-refractivity contribution is 5.86. The molecule has 0 bridgehead atoms. The molecular weight excluding hydrogens is 1190 g/mol. The molecule has 0 unspecified atom stereocenters. The molecule has 6 N–H and O–H groups in total. The molecule has 0 aliphatic heterocycles. The number of fused-ring (bicyclic) bond motifs is 6. The first kappa shape index (κ1) is 54.8. The number of hydrogen-bond acceptors (Lipinski definition) is 16. The Balaban J connectivity index is 0.000000131. The molecule has 0 aliphatic carbocycles. The van der Waals surface area contributed by atoms with E-state index in [4.69, 9.17) is 15.5 Å². The van der Waals surface area contributed by atoms with Crippen molar-refractivity contribution in [3.8, 4) is 17.1 Å². The summed E-state index contributed by atoms with van der Waals surface area (Å²) in [6.45, 7) is 5.76. The highest BCUT2D eigenvalue weighted by Crippen LogP contribution is 2.30. The van der Waals surface area contributed by atoms with Crippen LogP contribution in [0.4, 0.5) is 24.8 Å². The molecule has 462 valence electrons. The first-order chi connectivity index (χ1) is 47.1. The van der Waals surface area contributed by atoms with E-state index in [-0.39, 0.29) is 74.9 Å². The topological polar surface area (TPSA) is 294 Å². The maximum atomic E-state index is 14.6. The lowest BCUT2D eigenvalue weighted by Gasteiger charge is -2.22. The lowest BCUT2D eigenvalue weighted by molar-refractivity contribution is 0.603. The van der Waals surface area contributed by atoms with E-state index in [1.807, 2.05) is 51.1 Å². The van der Waals surface area contributed by atoms with Gasteiger partial charge in [-0.05, 0) is 98.1 Å². The molecule has 3 atom stereocenters. The van der Waals surface area contributed by atoms with Crippen LogP contribution >= 0.6 is 0 Å². The van der Waals surface area contributed by atoms with E-state index < -0.39 is 52.3 Å². The monoisotopic (exact) mass is 1250 g/mol. The Morgan fingerprint density at radius 2 is 0.935 bits per heavy atom. The van der Waals surface area contributed by atoms with E-state index in [1.54, 1.807) is 91.1 Å². The van der Waals surface area contributed by atoms with Crippen LogP contribution in [0.25, 0.3) is 83.1 Å². The Morgan fingerprint density at radius 3 is 1.45 bits per heavy atom. The lowest BCUT2D eigenvalue weighted by Crippen LogP contribution is -2.28. The van der Waals surface area contributed by atoms with Crippen molar-refractivity contribution >= 4 is 77.7 Å². The van der Waals surface area contributed by atoms with Crippen molar-refractivity contribution in [2.24, 2.45) is 4.99 Å². The van der Waals surface area contributed by atoms with Gasteiger partial charge in [0.05, 0.1) is 76.5 Å². The predicted molar refractivity (Wildman–Crippen MR) is 348 cm³/mol. The number of pyridine rings is 1. The second-order valence-electron chi connectivity index (χ2n) is 20.9. The highest BCUT2D eigenvalue weighted by Gasteiger charge is 2.26. The molecule has 15 aromatic rings. The SMILES string of the molecule is [2H]c1nc(=N[C@@H](CC)c2nc3cccc(F)c3c(=O)n2-c2ccccc2)c2[nH]cnc2[nH]1.[2H]c1nc(N[C@@H](CC)c2nc3cccc(F)c3c(=O)n2-c2ccccc2)c2nc([2H])[nH]c2n1.[2H]c1nc2c(N[C@@H](CC)c3nc4cccc(F)c4c(=O)n3-c3ccccc3)nccc2[nH]1. The minimum atomic E-state index is -0.641. The number of benzene rings is 6. The van der Waals surface area contributed by atoms with Crippen molar-refractivity contribution in [1.29, 1.82) is 0 Å². The van der Waals surface area contributed by atoms with Gasteiger partial charge >= 0.3 is 0 Å². The summed E-state index contributed by atoms with van der Waals surface area (Å²) in [5.41, 5.74) is 3.99. The molecule has 9 heterocycles. The van der Waals surface area contributed by atoms with Gasteiger partial charge in [0.2, 0.25) is 0 Å². The first-order valence-corrected chi connectivity index (χ1v) is 29.4. The van der Waals surface area contributed by atoms with Gasteiger partial charge in [-0.1, -0.05) is 93.6 Å². The van der Waals surface area contributed by atoms with E-state index in [9.17, 15) is 27.6 Å². The number of imidazole rings is 3. The van der Waals surface area contributed by atoms with Gasteiger partial charge in [0.25, 0.3) is 16.7 Å². The largest absolute Gasteiger partial charge is 0.358 e. The number of nitrogens with one attached hydrogen (secondary N) is 6. The van der Waals surface area contributed by atoms with Crippen LogP contribution in [0.5, 0.6) is 0 Å². The molecule has 26 heteroatoms. The molecule has 0 amide bonds. The third kappa shape index (κ3) is 11.6. The van der Waals surface area contributed by atoms with Crippen LogP contribution in [0.15, 0.2) is 209 Å². The molecule has 0 aliphatic rings. The number of para-hydroxylation sites is 3. The fourth-order valence-electron chi connectivity index (χ4n) is 10.8. The third-order valence-corrected chi connectivity index (χ3v) is 15.3. The Morgan fingerprint density at radius 1 is 0.473 bits per heavy atom. The van der Waals surface area contributed by atoms with Gasteiger partial charge in [0, 0.05) is 6.20 Å². The van der Waals surface area contributed by atoms with Gasteiger partial charge in [-0.3, -0.25) is 33.1 Å². The number of aromatic amines is 4. The minimum absolute atomic E-state index is 0.0320. The Hall–Kier alpha value is -12.4. The molecule has 0 saturated carbocycles. The van der Waals surface area contributed by atoms with Gasteiger partial charge in [0.15, 0.2) is 28.4 Å². The second-order valence-corrected chi connectivity index (χ2v) is 20.9. The number of H-pyrrole nitrogens is 4. The summed E-state index contributed by atoms with van der Waals surface area (Å²) in [5.74, 6) is -0.0255. The summed E-state index contributed by atoms with van der Waals surface area (Å²) >= 11 is 0. The van der Waals surface area contributed by atoms with Crippen LogP contribution in [-0.4, -0.2) is 83.5 Å². The molecule has 0 saturated heterocycles. The number of aromatic nitrogens is 17. The quantitative estimate of drug-likeness (QED) is 0.0590. The number of hydrogen-bond donors (Lipinski definition) is 6. The van der Waals surface area contributed by atoms with E-state index in [1.165, 1.54) is 56.4 Å². The molecule has 9 aromatic heterocycles. The van der Waals surface area contributed by atoms with Crippen molar-refractivity contribution in [2.75, 3.05) is 10.6 Å². The average molecular weight is 1250 g/mol. The molecule has 15 rings (SSSR count). The zero-order chi connectivity index (χ0) is 67.6. The Bertz CT molecular complexity index is 5740. The number of halogens is 3. The van der Waals surface area contributed by atoms with Crippen LogP contribution in [-0.2, 0) is 0 Å². The summed E-state index contributed by atoms with van der Waals surface area (Å²) in [5, 5.41) is 6.31. The maximum Gasteiger partial charge on any atom is 0.269 e. The van der Waals surface area contributed by atoms with Crippen LogP contribution in [0.2, 0.25) is 0 Å². The van der Waals surface area contributed by atoms with Crippen molar-refractivity contribution in [3.05, 3.63) is 261 Å². The molecule has 93 heavy (non-hydrogen) atoms. The van der Waals surface area contributed by atoms with E-state index in [0.717, 1.165) is 0 Å². The summed E-state index contributed by atoms with van der Waals surface area (Å²) in [6, 6.07) is 40.2. The van der Waals surface area contributed by atoms with Gasteiger partial charge in [-0.2, -0.15) is 0 Å². The van der Waals surface area contributed by atoms with Gasteiger partial charge in [-0.25, -0.2) is 63.0 Å². The van der Waals surface area contributed by atoms with Gasteiger partial charge in [-0.15, -0.1) is 0 Å². The summed E-state index contributed by atoms with van der Waals surface area (Å²) in [7, 11) is 0. The zero-order valence-electron chi connectivity index (χ0n) is 53.6. The fraction of sp³-hybridized carbons (Fsp3) is 0.134. The smallest absolute Gasteiger partial charge is 0.269 e. The van der Waals surface area contributed by atoms with E-state index in [0.29, 0.717) is 87.3 Å². The normalized spacial score (nSPS) is 13.2. The van der Waals surface area contributed by atoms with Gasteiger partial charge < -0.3 is 30.6 Å². The molecule has 0 radical (unpaired) electrons.